The van der Waals surface area contributed by atoms with E-state index in [-0.39, 0.29) is 39.6 Å². The summed E-state index contributed by atoms with van der Waals surface area (Å²) in [6.45, 7) is 23.3. The van der Waals surface area contributed by atoms with Crippen LogP contribution in [0.5, 0.6) is 0 Å². The number of carbonyl (C=O) groups is 2. The lowest BCUT2D eigenvalue weighted by atomic mass is 9.35. The van der Waals surface area contributed by atoms with Crippen molar-refractivity contribution in [2.24, 2.45) is 51.1 Å². The monoisotopic (exact) mass is 707 g/mol. The van der Waals surface area contributed by atoms with Gasteiger partial charge in [-0.1, -0.05) is 34.6 Å². The predicted octanol–water partition coefficient (Wildman–Crippen LogP) is 7.27. The van der Waals surface area contributed by atoms with Gasteiger partial charge < -0.3 is 35.8 Å². The molecule has 4 rings (SSSR count). The first-order valence-electron chi connectivity index (χ1n) is 19.9. The van der Waals surface area contributed by atoms with Gasteiger partial charge in [0.25, 0.3) is 0 Å². The van der Waals surface area contributed by atoms with Crippen molar-refractivity contribution in [2.45, 2.75) is 195 Å². The second-order valence-corrected chi connectivity index (χ2v) is 20.3. The van der Waals surface area contributed by atoms with E-state index in [1.54, 1.807) is 20.8 Å². The molecule has 0 heterocycles. The van der Waals surface area contributed by atoms with E-state index >= 15 is 0 Å². The van der Waals surface area contributed by atoms with Crippen LogP contribution < -0.4 is 11.1 Å². The Bertz CT molecular complexity index is 1210. The van der Waals surface area contributed by atoms with Gasteiger partial charge in [-0.2, -0.15) is 0 Å². The maximum Gasteiger partial charge on any atom is 0.408 e. The van der Waals surface area contributed by atoms with Crippen molar-refractivity contribution in [3.63, 3.8) is 0 Å². The average molecular weight is 707 g/mol. The molecule has 9 nitrogen and oxygen atoms in total. The van der Waals surface area contributed by atoms with Crippen LogP contribution in [-0.2, 0) is 14.3 Å². The van der Waals surface area contributed by atoms with Crippen molar-refractivity contribution in [3.8, 4) is 0 Å². The van der Waals surface area contributed by atoms with Crippen LogP contribution in [0.4, 0.5) is 4.79 Å². The molecule has 50 heavy (non-hydrogen) atoms. The van der Waals surface area contributed by atoms with Crippen molar-refractivity contribution >= 4 is 12.1 Å². The normalized spacial score (nSPS) is 38.5. The molecule has 290 valence electrons. The molecule has 0 aliphatic heterocycles. The average Bonchev–Trinajstić information content (AvgIpc) is 3.34. The van der Waals surface area contributed by atoms with Crippen LogP contribution in [0, 0.1) is 45.3 Å². The maximum absolute atomic E-state index is 13.8. The molecular weight excluding hydrogens is 632 g/mol. The molecule has 0 aromatic carbocycles. The molecule has 0 bridgehead atoms. The van der Waals surface area contributed by atoms with Gasteiger partial charge in [-0.15, -0.1) is 0 Å². The summed E-state index contributed by atoms with van der Waals surface area (Å²) in [6, 6.07) is -0.803. The highest BCUT2D eigenvalue weighted by molar-refractivity contribution is 5.81. The van der Waals surface area contributed by atoms with Gasteiger partial charge in [0.05, 0.1) is 17.3 Å². The first-order chi connectivity index (χ1) is 22.8. The van der Waals surface area contributed by atoms with Crippen molar-refractivity contribution in [1.29, 1.82) is 0 Å². The SMILES string of the molecule is CC(C)(O)CCC[C@@](C)(O)[C@H]1CC[C@]2(C)[C@@H]1[C@H](O)C[C@@H]1[C@@]3(C)CC[C@H](OC(=O)[C@H](CCCCN)NC(=O)OC(C)(C)C)C(C)(C)[C@@H]3CC[C@]12C. The summed E-state index contributed by atoms with van der Waals surface area (Å²) in [5.41, 5.74) is 2.95. The van der Waals surface area contributed by atoms with E-state index in [1.165, 1.54) is 0 Å². The molecule has 0 saturated heterocycles. The van der Waals surface area contributed by atoms with Gasteiger partial charge in [0.1, 0.15) is 17.7 Å². The number of nitrogens with two attached hydrogens (primary N) is 1. The topological polar surface area (TPSA) is 151 Å². The second kappa shape index (κ2) is 14.4. The molecule has 0 aromatic heterocycles. The number of rotatable bonds is 12. The minimum atomic E-state index is -0.899. The number of esters is 1. The Hall–Kier alpha value is -1.42. The Morgan fingerprint density at radius 2 is 1.50 bits per heavy atom. The molecule has 4 saturated carbocycles. The van der Waals surface area contributed by atoms with Crippen molar-refractivity contribution in [1.82, 2.24) is 5.32 Å². The van der Waals surface area contributed by atoms with Crippen LogP contribution in [0.1, 0.15) is 160 Å². The number of hydrogen-bond donors (Lipinski definition) is 5. The van der Waals surface area contributed by atoms with Crippen LogP contribution in [-0.4, -0.2) is 69.0 Å². The molecule has 1 amide bonds. The van der Waals surface area contributed by atoms with E-state index in [4.69, 9.17) is 15.2 Å². The third-order valence-corrected chi connectivity index (χ3v) is 14.8. The van der Waals surface area contributed by atoms with E-state index in [1.807, 2.05) is 20.8 Å². The number of carbonyl (C=O) groups excluding carboxylic acids is 2. The number of ether oxygens (including phenoxy) is 2. The van der Waals surface area contributed by atoms with Crippen molar-refractivity contribution in [2.75, 3.05) is 6.54 Å². The Morgan fingerprint density at radius 1 is 0.860 bits per heavy atom. The van der Waals surface area contributed by atoms with Crippen LogP contribution in [0.15, 0.2) is 0 Å². The van der Waals surface area contributed by atoms with Crippen molar-refractivity contribution in [3.05, 3.63) is 0 Å². The lowest BCUT2D eigenvalue weighted by Gasteiger charge is -2.70. The van der Waals surface area contributed by atoms with E-state index in [2.05, 4.69) is 39.9 Å². The minimum absolute atomic E-state index is 0.00504. The molecule has 0 spiro atoms. The Labute approximate surface area is 303 Å². The number of nitrogens with one attached hydrogen (secondary N) is 1. The quantitative estimate of drug-likeness (QED) is 0.105. The van der Waals surface area contributed by atoms with Gasteiger partial charge in [-0.05, 0) is 171 Å². The maximum atomic E-state index is 13.8. The lowest BCUT2D eigenvalue weighted by molar-refractivity contribution is -0.249. The van der Waals surface area contributed by atoms with Gasteiger partial charge in [0.15, 0.2) is 0 Å². The third kappa shape index (κ3) is 8.06. The van der Waals surface area contributed by atoms with Crippen LogP contribution in [0.3, 0.4) is 0 Å². The molecule has 11 atom stereocenters. The van der Waals surface area contributed by atoms with E-state index in [0.29, 0.717) is 44.1 Å². The van der Waals surface area contributed by atoms with Gasteiger partial charge in [-0.25, -0.2) is 9.59 Å². The highest BCUT2D eigenvalue weighted by Gasteiger charge is 2.71. The summed E-state index contributed by atoms with van der Waals surface area (Å²) in [7, 11) is 0. The van der Waals surface area contributed by atoms with Gasteiger partial charge in [-0.3, -0.25) is 0 Å². The molecule has 4 aliphatic carbocycles. The van der Waals surface area contributed by atoms with Crippen LogP contribution >= 0.6 is 0 Å². The summed E-state index contributed by atoms with van der Waals surface area (Å²) in [5, 5.41) is 37.1. The number of hydrogen-bond acceptors (Lipinski definition) is 8. The summed E-state index contributed by atoms with van der Waals surface area (Å²) in [4.78, 5) is 26.5. The summed E-state index contributed by atoms with van der Waals surface area (Å²) < 4.78 is 11.8. The number of aliphatic hydroxyl groups excluding tert-OH is 1. The lowest BCUT2D eigenvalue weighted by Crippen LogP contribution is -2.67. The fraction of sp³-hybridized carbons (Fsp3) is 0.951. The molecule has 0 aromatic rings. The molecule has 9 heteroatoms. The first-order valence-corrected chi connectivity index (χ1v) is 19.9. The fourth-order valence-corrected chi connectivity index (χ4v) is 12.1. The Balaban J connectivity index is 1.52. The minimum Gasteiger partial charge on any atom is -0.460 e. The van der Waals surface area contributed by atoms with Gasteiger partial charge in [0.2, 0.25) is 0 Å². The molecule has 0 radical (unpaired) electrons. The predicted molar refractivity (Wildman–Crippen MR) is 197 cm³/mol. The van der Waals surface area contributed by atoms with Crippen LogP contribution in [0.2, 0.25) is 0 Å². The largest absolute Gasteiger partial charge is 0.460 e. The number of amides is 1. The zero-order valence-electron chi connectivity index (χ0n) is 33.5. The molecule has 4 aliphatic rings. The first kappa shape index (κ1) is 41.3. The van der Waals surface area contributed by atoms with E-state index in [0.717, 1.165) is 57.8 Å². The highest BCUT2D eigenvalue weighted by atomic mass is 16.6. The number of unbranched alkanes of at least 4 members (excludes halogenated alkanes) is 1. The van der Waals surface area contributed by atoms with Gasteiger partial charge >= 0.3 is 12.1 Å². The molecule has 0 unspecified atom stereocenters. The molecular formula is C41H74N2O7. The third-order valence-electron chi connectivity index (χ3n) is 14.8. The number of alkyl carbamates (subject to hydrolysis) is 1. The Kier molecular flexibility index (Phi) is 11.9. The van der Waals surface area contributed by atoms with E-state index in [9.17, 15) is 24.9 Å². The molecule has 6 N–H and O–H groups in total. The van der Waals surface area contributed by atoms with Crippen LogP contribution in [0.25, 0.3) is 0 Å². The zero-order valence-corrected chi connectivity index (χ0v) is 33.5. The van der Waals surface area contributed by atoms with Gasteiger partial charge in [0, 0.05) is 5.41 Å². The molecule has 4 fully saturated rings. The summed E-state index contributed by atoms with van der Waals surface area (Å²) in [6.07, 6.45) is 8.81. The highest BCUT2D eigenvalue weighted by Crippen LogP contribution is 2.76. The summed E-state index contributed by atoms with van der Waals surface area (Å²) >= 11 is 0. The number of aliphatic hydroxyl groups is 3. The van der Waals surface area contributed by atoms with E-state index < -0.39 is 41.0 Å². The fourth-order valence-electron chi connectivity index (χ4n) is 12.1. The Morgan fingerprint density at radius 3 is 2.10 bits per heavy atom. The second-order valence-electron chi connectivity index (χ2n) is 20.3. The van der Waals surface area contributed by atoms with Crippen molar-refractivity contribution < 1.29 is 34.4 Å². The zero-order chi connectivity index (χ0) is 37.7. The standard InChI is InChI=1S/C41H74N2O7/c1-35(2,3)50-34(46)43-27(15-12-13-24-42)33(45)49-31-18-21-38(8)29(37(31,6)7)17-23-39(9)30(38)25-28(44)32-26(16-22-40(32,39)10)41(11,48)20-14-19-36(4,5)47/h26-32,44,47-48H,12-25,42H2,1-11H3,(H,43,46)/t26-,27-,28+,29-,30+,31-,32-,38-,39+,40+,41+/m0/s1. The number of fused-ring (bicyclic) bond motifs is 5. The smallest absolute Gasteiger partial charge is 0.408 e. The summed E-state index contributed by atoms with van der Waals surface area (Å²) in [5.74, 6) is 0.234.